The molecular formula is C27H32N4O3S. The Kier molecular flexibility index (Phi) is 7.93. The molecule has 1 N–H and O–H groups in total. The molecule has 0 saturated carbocycles. The van der Waals surface area contributed by atoms with Gasteiger partial charge in [0.1, 0.15) is 0 Å². The number of aryl methyl sites for hydroxylation is 1. The van der Waals surface area contributed by atoms with Crippen LogP contribution in [0.25, 0.3) is 17.0 Å². The number of thioether (sulfide) groups is 1. The van der Waals surface area contributed by atoms with Gasteiger partial charge in [-0.15, -0.1) is 11.8 Å². The largest absolute Gasteiger partial charge is 0.379 e. The van der Waals surface area contributed by atoms with E-state index in [0.717, 1.165) is 39.3 Å². The molecule has 8 heteroatoms. The lowest BCUT2D eigenvalue weighted by Crippen LogP contribution is -2.46. The van der Waals surface area contributed by atoms with Crippen molar-refractivity contribution in [3.63, 3.8) is 0 Å². The predicted molar refractivity (Wildman–Crippen MR) is 139 cm³/mol. The van der Waals surface area contributed by atoms with Crippen LogP contribution in [0.4, 0.5) is 4.79 Å². The van der Waals surface area contributed by atoms with Gasteiger partial charge in [0, 0.05) is 29.3 Å². The van der Waals surface area contributed by atoms with E-state index in [-0.39, 0.29) is 12.1 Å². The minimum atomic E-state index is -0.396. The number of nitrogens with zero attached hydrogens (tertiary/aromatic N) is 3. The molecule has 1 aliphatic heterocycles. The number of carbonyl (C=O) groups excluding carboxylic acids is 1. The van der Waals surface area contributed by atoms with E-state index >= 15 is 0 Å². The lowest BCUT2D eigenvalue weighted by molar-refractivity contribution is 0.0736. The molecule has 1 aliphatic rings. The highest BCUT2D eigenvalue weighted by molar-refractivity contribution is 7.98. The van der Waals surface area contributed by atoms with Gasteiger partial charge in [0.05, 0.1) is 17.7 Å². The summed E-state index contributed by atoms with van der Waals surface area (Å²) in [6.45, 7) is 9.10. The summed E-state index contributed by atoms with van der Waals surface area (Å²) in [5.41, 5.74) is 4.58. The van der Waals surface area contributed by atoms with Gasteiger partial charge >= 0.3 is 6.03 Å². The summed E-state index contributed by atoms with van der Waals surface area (Å²) in [5.74, 6) is 0.927. The molecule has 35 heavy (non-hydrogen) atoms. The number of amides is 2. The molecule has 1 atom stereocenters. The summed E-state index contributed by atoms with van der Waals surface area (Å²) in [4.78, 5) is 20.8. The van der Waals surface area contributed by atoms with Crippen molar-refractivity contribution in [2.45, 2.75) is 51.2 Å². The van der Waals surface area contributed by atoms with Gasteiger partial charge in [-0.2, -0.15) is 4.98 Å². The van der Waals surface area contributed by atoms with Crippen LogP contribution in [0.15, 0.2) is 63.6 Å². The number of aromatic nitrogens is 2. The Bertz CT molecular complexity index is 1200. The summed E-state index contributed by atoms with van der Waals surface area (Å²) in [7, 11) is 0. The summed E-state index contributed by atoms with van der Waals surface area (Å²) in [6, 6.07) is 15.6. The average molecular weight is 493 g/mol. The van der Waals surface area contributed by atoms with E-state index in [1.165, 1.54) is 0 Å². The molecule has 0 spiro atoms. The van der Waals surface area contributed by atoms with Gasteiger partial charge in [-0.3, -0.25) is 4.90 Å². The van der Waals surface area contributed by atoms with Crippen LogP contribution in [0.2, 0.25) is 0 Å². The number of ether oxygens (including phenoxy) is 1. The molecule has 184 valence electrons. The smallest absolute Gasteiger partial charge is 0.322 e. The first kappa shape index (κ1) is 25.0. The Morgan fingerprint density at radius 3 is 2.63 bits per heavy atom. The molecule has 2 aromatic carbocycles. The Labute approximate surface area is 210 Å². The second kappa shape index (κ2) is 11.1. The molecule has 0 aliphatic carbocycles. The van der Waals surface area contributed by atoms with Gasteiger partial charge in [0.15, 0.2) is 0 Å². The van der Waals surface area contributed by atoms with Crippen LogP contribution in [-0.2, 0) is 4.74 Å². The van der Waals surface area contributed by atoms with Gasteiger partial charge in [-0.05, 0) is 64.1 Å². The Morgan fingerprint density at radius 1 is 1.17 bits per heavy atom. The van der Waals surface area contributed by atoms with Crippen LogP contribution in [0.1, 0.15) is 50.3 Å². The second-order valence-electron chi connectivity index (χ2n) is 8.87. The monoisotopic (exact) mass is 492 g/mol. The van der Waals surface area contributed by atoms with E-state index in [0.29, 0.717) is 24.9 Å². The van der Waals surface area contributed by atoms with Crippen LogP contribution < -0.4 is 5.32 Å². The lowest BCUT2D eigenvalue weighted by Gasteiger charge is -2.35. The fourth-order valence-electron chi connectivity index (χ4n) is 4.15. The molecule has 1 aromatic heterocycles. The number of allylic oxidation sites excluding steroid dienone is 1. The number of hydrogen-bond donors (Lipinski definition) is 1. The second-order valence-corrected chi connectivity index (χ2v) is 9.75. The molecule has 2 amide bonds. The first-order valence-electron chi connectivity index (χ1n) is 11.8. The molecule has 3 aromatic rings. The lowest BCUT2D eigenvalue weighted by atomic mass is 9.94. The number of hydrogen-bond acceptors (Lipinski definition) is 6. The molecular weight excluding hydrogens is 460 g/mol. The van der Waals surface area contributed by atoms with Gasteiger partial charge < -0.3 is 14.6 Å². The minimum absolute atomic E-state index is 0.145. The first-order valence-corrected chi connectivity index (χ1v) is 13.1. The van der Waals surface area contributed by atoms with Crippen molar-refractivity contribution in [3.8, 4) is 11.4 Å². The summed E-state index contributed by atoms with van der Waals surface area (Å²) in [5, 5.41) is 7.42. The van der Waals surface area contributed by atoms with Crippen molar-refractivity contribution in [2.75, 3.05) is 19.4 Å². The molecule has 4 rings (SSSR count). The SMILES string of the molecule is CSc1ccc(C2NC(=O)N(CCCOC(C)C)C(C)=C2c2nc(-c3cccc(C)c3)no2)cc1. The molecule has 0 bridgehead atoms. The molecule has 7 nitrogen and oxygen atoms in total. The zero-order valence-electron chi connectivity index (χ0n) is 20.9. The highest BCUT2D eigenvalue weighted by atomic mass is 32.2. The number of nitrogens with one attached hydrogen (secondary N) is 1. The third-order valence-corrected chi connectivity index (χ3v) is 6.70. The van der Waals surface area contributed by atoms with Crippen LogP contribution in [0, 0.1) is 6.92 Å². The highest BCUT2D eigenvalue weighted by Gasteiger charge is 2.35. The molecule has 0 radical (unpaired) electrons. The highest BCUT2D eigenvalue weighted by Crippen LogP contribution is 2.37. The fraction of sp³-hybridized carbons (Fsp3) is 0.370. The number of benzene rings is 2. The Balaban J connectivity index is 1.71. The van der Waals surface area contributed by atoms with Crippen LogP contribution >= 0.6 is 11.8 Å². The van der Waals surface area contributed by atoms with Crippen LogP contribution in [-0.4, -0.2) is 46.6 Å². The maximum atomic E-state index is 13.1. The minimum Gasteiger partial charge on any atom is -0.379 e. The number of rotatable bonds is 9. The average Bonchev–Trinajstić information content (AvgIpc) is 3.33. The van der Waals surface area contributed by atoms with Gasteiger partial charge in [0.2, 0.25) is 5.82 Å². The van der Waals surface area contributed by atoms with Crippen molar-refractivity contribution >= 4 is 23.4 Å². The summed E-state index contributed by atoms with van der Waals surface area (Å²) in [6.07, 6.45) is 2.92. The third-order valence-electron chi connectivity index (χ3n) is 5.96. The van der Waals surface area contributed by atoms with E-state index in [9.17, 15) is 4.79 Å². The van der Waals surface area contributed by atoms with Crippen molar-refractivity contribution in [2.24, 2.45) is 0 Å². The Morgan fingerprint density at radius 2 is 1.94 bits per heavy atom. The zero-order chi connectivity index (χ0) is 24.9. The number of carbonyl (C=O) groups is 1. The standard InChI is InChI=1S/C27H32N4O3S/c1-17(2)33-15-7-14-31-19(4)23(24(28-27(31)32)20-10-12-22(35-5)13-11-20)26-29-25(30-34-26)21-9-6-8-18(3)16-21/h6,8-13,16-17,24H,7,14-15H2,1-5H3,(H,28,32). The van der Waals surface area contributed by atoms with Gasteiger partial charge in [0.25, 0.3) is 5.89 Å². The topological polar surface area (TPSA) is 80.5 Å². The molecule has 0 saturated heterocycles. The van der Waals surface area contributed by atoms with E-state index in [1.54, 1.807) is 16.7 Å². The summed E-state index contributed by atoms with van der Waals surface area (Å²) < 4.78 is 11.5. The van der Waals surface area contributed by atoms with Gasteiger partial charge in [-0.25, -0.2) is 4.79 Å². The van der Waals surface area contributed by atoms with Gasteiger partial charge in [-0.1, -0.05) is 41.1 Å². The molecule has 2 heterocycles. The van der Waals surface area contributed by atoms with E-state index in [4.69, 9.17) is 14.2 Å². The van der Waals surface area contributed by atoms with E-state index < -0.39 is 6.04 Å². The molecule has 0 fully saturated rings. The normalized spacial score (nSPS) is 16.2. The quantitative estimate of drug-likeness (QED) is 0.288. The zero-order valence-corrected chi connectivity index (χ0v) is 21.7. The van der Waals surface area contributed by atoms with Crippen molar-refractivity contribution in [3.05, 3.63) is 71.2 Å². The van der Waals surface area contributed by atoms with Crippen molar-refractivity contribution in [1.29, 1.82) is 0 Å². The fourth-order valence-corrected chi connectivity index (χ4v) is 4.56. The first-order chi connectivity index (χ1) is 16.9. The maximum Gasteiger partial charge on any atom is 0.322 e. The number of urea groups is 1. The van der Waals surface area contributed by atoms with E-state index in [2.05, 4.69) is 22.6 Å². The third kappa shape index (κ3) is 5.77. The van der Waals surface area contributed by atoms with E-state index in [1.807, 2.05) is 70.3 Å². The van der Waals surface area contributed by atoms with Crippen molar-refractivity contribution < 1.29 is 14.1 Å². The van der Waals surface area contributed by atoms with Crippen LogP contribution in [0.3, 0.4) is 0 Å². The summed E-state index contributed by atoms with van der Waals surface area (Å²) >= 11 is 1.68. The van der Waals surface area contributed by atoms with Crippen molar-refractivity contribution in [1.82, 2.24) is 20.4 Å². The maximum absolute atomic E-state index is 13.1. The predicted octanol–water partition coefficient (Wildman–Crippen LogP) is 6.08. The molecule has 1 unspecified atom stereocenters. The Hall–Kier alpha value is -3.10. The van der Waals surface area contributed by atoms with Crippen LogP contribution in [0.5, 0.6) is 0 Å².